The predicted octanol–water partition coefficient (Wildman–Crippen LogP) is 2.14. The molecule has 0 aromatic carbocycles. The molecule has 3 rings (SSSR count). The second kappa shape index (κ2) is 6.24. The van der Waals surface area contributed by atoms with E-state index in [1.54, 1.807) is 6.26 Å². The second-order valence-corrected chi connectivity index (χ2v) is 5.33. The maximum absolute atomic E-state index is 5.62. The Labute approximate surface area is 119 Å². The van der Waals surface area contributed by atoms with Crippen molar-refractivity contribution in [3.8, 4) is 0 Å². The van der Waals surface area contributed by atoms with Crippen LogP contribution in [0.5, 0.6) is 0 Å². The molecule has 0 unspecified atom stereocenters. The molecule has 5 heteroatoms. The van der Waals surface area contributed by atoms with E-state index in [-0.39, 0.29) is 0 Å². The minimum absolute atomic E-state index is 0.475. The van der Waals surface area contributed by atoms with Crippen molar-refractivity contribution in [3.05, 3.63) is 42.1 Å². The molecule has 0 saturated carbocycles. The highest BCUT2D eigenvalue weighted by atomic mass is 16.5. The van der Waals surface area contributed by atoms with Crippen LogP contribution >= 0.6 is 0 Å². The summed E-state index contributed by atoms with van der Waals surface area (Å²) in [6.45, 7) is 7.39. The first-order valence-electron chi connectivity index (χ1n) is 7.17. The van der Waals surface area contributed by atoms with Crippen molar-refractivity contribution in [1.82, 2.24) is 14.7 Å². The van der Waals surface area contributed by atoms with Crippen molar-refractivity contribution in [1.29, 1.82) is 0 Å². The largest absolute Gasteiger partial charge is 0.472 e. The lowest BCUT2D eigenvalue weighted by Gasteiger charge is -2.23. The van der Waals surface area contributed by atoms with E-state index < -0.39 is 0 Å². The smallest absolute Gasteiger partial charge is 0.0947 e. The van der Waals surface area contributed by atoms with Gasteiger partial charge in [0.25, 0.3) is 0 Å². The summed E-state index contributed by atoms with van der Waals surface area (Å²) >= 11 is 0. The Morgan fingerprint density at radius 2 is 2.35 bits per heavy atom. The molecule has 1 aliphatic heterocycles. The quantitative estimate of drug-likeness (QED) is 0.838. The van der Waals surface area contributed by atoms with Crippen molar-refractivity contribution < 1.29 is 9.15 Å². The number of fused-ring (bicyclic) bond motifs is 1. The summed E-state index contributed by atoms with van der Waals surface area (Å²) in [6, 6.07) is 4.13. The van der Waals surface area contributed by atoms with Crippen LogP contribution in [0.1, 0.15) is 18.2 Å². The number of furan rings is 1. The molecule has 5 nitrogen and oxygen atoms in total. The third kappa shape index (κ3) is 3.11. The molecule has 0 fully saturated rings. The van der Waals surface area contributed by atoms with E-state index >= 15 is 0 Å². The zero-order valence-electron chi connectivity index (χ0n) is 11.9. The molecule has 0 radical (unpaired) electrons. The van der Waals surface area contributed by atoms with Gasteiger partial charge in [-0.1, -0.05) is 0 Å². The van der Waals surface area contributed by atoms with E-state index in [2.05, 4.69) is 20.7 Å². The van der Waals surface area contributed by atoms with Crippen LogP contribution in [-0.2, 0) is 24.4 Å². The molecule has 0 spiro atoms. The molecule has 0 saturated heterocycles. The highest BCUT2D eigenvalue weighted by Gasteiger charge is 2.22. The van der Waals surface area contributed by atoms with Gasteiger partial charge < -0.3 is 9.15 Å². The fourth-order valence-corrected chi connectivity index (χ4v) is 2.77. The number of rotatable bonds is 5. The summed E-state index contributed by atoms with van der Waals surface area (Å²) < 4.78 is 12.9. The van der Waals surface area contributed by atoms with Gasteiger partial charge in [-0.15, -0.1) is 0 Å². The number of hydrogen-bond acceptors (Lipinski definition) is 4. The van der Waals surface area contributed by atoms with Crippen molar-refractivity contribution in [3.63, 3.8) is 0 Å². The SMILES string of the molecule is CCOC[C@H]1CN(Cc2ccoc2)Cc2ccnn2C1. The molecule has 2 aromatic heterocycles. The van der Waals surface area contributed by atoms with Gasteiger partial charge in [-0.3, -0.25) is 9.58 Å². The third-order valence-electron chi connectivity index (χ3n) is 3.68. The van der Waals surface area contributed by atoms with E-state index in [4.69, 9.17) is 9.15 Å². The van der Waals surface area contributed by atoms with Gasteiger partial charge in [0, 0.05) is 50.5 Å². The maximum Gasteiger partial charge on any atom is 0.0947 e. The molecule has 1 atom stereocenters. The highest BCUT2D eigenvalue weighted by Crippen LogP contribution is 2.18. The fraction of sp³-hybridized carbons (Fsp3) is 0.533. The monoisotopic (exact) mass is 275 g/mol. The summed E-state index contributed by atoms with van der Waals surface area (Å²) in [5.41, 5.74) is 2.49. The van der Waals surface area contributed by atoms with E-state index in [0.717, 1.165) is 39.4 Å². The summed E-state index contributed by atoms with van der Waals surface area (Å²) in [5.74, 6) is 0.475. The lowest BCUT2D eigenvalue weighted by Crippen LogP contribution is -2.30. The van der Waals surface area contributed by atoms with Crippen LogP contribution in [0.25, 0.3) is 0 Å². The fourth-order valence-electron chi connectivity index (χ4n) is 2.77. The Balaban J connectivity index is 1.73. The summed E-state index contributed by atoms with van der Waals surface area (Å²) in [7, 11) is 0. The molecular weight excluding hydrogens is 254 g/mol. The van der Waals surface area contributed by atoms with Crippen LogP contribution in [-0.4, -0.2) is 34.4 Å². The highest BCUT2D eigenvalue weighted by molar-refractivity contribution is 5.07. The van der Waals surface area contributed by atoms with E-state index in [1.807, 2.05) is 25.5 Å². The average Bonchev–Trinajstić information content (AvgIpc) is 3.06. The molecule has 1 aliphatic rings. The third-order valence-corrected chi connectivity index (χ3v) is 3.68. The molecular formula is C15H21N3O2. The minimum atomic E-state index is 0.475. The Bertz CT molecular complexity index is 521. The molecule has 0 bridgehead atoms. The summed E-state index contributed by atoms with van der Waals surface area (Å²) in [5, 5.41) is 4.42. The van der Waals surface area contributed by atoms with Gasteiger partial charge in [0.1, 0.15) is 0 Å². The first kappa shape index (κ1) is 13.4. The molecule has 20 heavy (non-hydrogen) atoms. The molecule has 2 aromatic rings. The van der Waals surface area contributed by atoms with E-state index in [9.17, 15) is 0 Å². The molecule has 0 amide bonds. The van der Waals surface area contributed by atoms with Gasteiger partial charge in [-0.2, -0.15) is 5.10 Å². The van der Waals surface area contributed by atoms with Crippen molar-refractivity contribution >= 4 is 0 Å². The summed E-state index contributed by atoms with van der Waals surface area (Å²) in [6.07, 6.45) is 5.43. The second-order valence-electron chi connectivity index (χ2n) is 5.33. The maximum atomic E-state index is 5.62. The summed E-state index contributed by atoms with van der Waals surface area (Å²) in [4.78, 5) is 2.44. The van der Waals surface area contributed by atoms with Crippen LogP contribution in [0.2, 0.25) is 0 Å². The topological polar surface area (TPSA) is 43.4 Å². The first-order chi connectivity index (χ1) is 9.85. The van der Waals surface area contributed by atoms with Crippen LogP contribution < -0.4 is 0 Å². The van der Waals surface area contributed by atoms with Crippen LogP contribution in [0.3, 0.4) is 0 Å². The van der Waals surface area contributed by atoms with Gasteiger partial charge in [-0.05, 0) is 19.1 Å². The zero-order valence-corrected chi connectivity index (χ0v) is 11.9. The predicted molar refractivity (Wildman–Crippen MR) is 75.0 cm³/mol. The lowest BCUT2D eigenvalue weighted by atomic mass is 10.1. The van der Waals surface area contributed by atoms with Gasteiger partial charge in [0.15, 0.2) is 0 Å². The van der Waals surface area contributed by atoms with Gasteiger partial charge in [0.05, 0.1) is 24.8 Å². The zero-order chi connectivity index (χ0) is 13.8. The van der Waals surface area contributed by atoms with Crippen LogP contribution in [0, 0.1) is 5.92 Å². The Morgan fingerprint density at radius 3 is 3.15 bits per heavy atom. The normalized spacial score (nSPS) is 19.8. The lowest BCUT2D eigenvalue weighted by molar-refractivity contribution is 0.0841. The van der Waals surface area contributed by atoms with Crippen molar-refractivity contribution in [2.24, 2.45) is 5.92 Å². The minimum Gasteiger partial charge on any atom is -0.472 e. The Hall–Kier alpha value is -1.59. The van der Waals surface area contributed by atoms with E-state index in [0.29, 0.717) is 5.92 Å². The molecule has 3 heterocycles. The van der Waals surface area contributed by atoms with Crippen molar-refractivity contribution in [2.75, 3.05) is 19.8 Å². The standard InChI is InChI=1S/C15H21N3O2/c1-2-19-12-14-8-17(7-13-4-6-20-11-13)10-15-3-5-16-18(15)9-14/h3-6,11,14H,2,7-10,12H2,1H3/t14-/m0/s1. The van der Waals surface area contributed by atoms with E-state index in [1.165, 1.54) is 11.3 Å². The number of hydrogen-bond donors (Lipinski definition) is 0. The number of ether oxygens (including phenoxy) is 1. The Kier molecular flexibility index (Phi) is 4.18. The van der Waals surface area contributed by atoms with Gasteiger partial charge in [-0.25, -0.2) is 0 Å². The van der Waals surface area contributed by atoms with Crippen LogP contribution in [0.4, 0.5) is 0 Å². The molecule has 108 valence electrons. The van der Waals surface area contributed by atoms with Gasteiger partial charge in [0.2, 0.25) is 0 Å². The van der Waals surface area contributed by atoms with Crippen molar-refractivity contribution in [2.45, 2.75) is 26.6 Å². The number of aromatic nitrogens is 2. The molecule has 0 N–H and O–H groups in total. The first-order valence-corrected chi connectivity index (χ1v) is 7.17. The van der Waals surface area contributed by atoms with Gasteiger partial charge >= 0.3 is 0 Å². The number of nitrogens with zero attached hydrogens (tertiary/aromatic N) is 3. The molecule has 0 aliphatic carbocycles. The van der Waals surface area contributed by atoms with Crippen LogP contribution in [0.15, 0.2) is 35.3 Å². The Morgan fingerprint density at radius 1 is 1.40 bits per heavy atom. The average molecular weight is 275 g/mol.